The van der Waals surface area contributed by atoms with Crippen molar-refractivity contribution < 1.29 is 27.5 Å². The molecule has 0 atom stereocenters. The van der Waals surface area contributed by atoms with Crippen LogP contribution >= 0.6 is 0 Å². The number of carbonyl (C=O) groups is 2. The van der Waals surface area contributed by atoms with Crippen LogP contribution in [0.5, 0.6) is 0 Å². The van der Waals surface area contributed by atoms with E-state index in [1.807, 2.05) is 12.1 Å². The number of nitrogens with one attached hydrogen (secondary N) is 1. The summed E-state index contributed by atoms with van der Waals surface area (Å²) in [6, 6.07) is 10.7. The highest BCUT2D eigenvalue weighted by atomic mass is 32.2. The Morgan fingerprint density at radius 2 is 1.47 bits per heavy atom. The lowest BCUT2D eigenvalue weighted by atomic mass is 10.1. The van der Waals surface area contributed by atoms with Crippen LogP contribution in [0.4, 0.5) is 11.4 Å². The second-order valence-electron chi connectivity index (χ2n) is 6.90. The summed E-state index contributed by atoms with van der Waals surface area (Å²) in [5.41, 5.74) is 1.09. The highest BCUT2D eigenvalue weighted by Crippen LogP contribution is 2.30. The summed E-state index contributed by atoms with van der Waals surface area (Å²) in [4.78, 5) is 25.9. The van der Waals surface area contributed by atoms with Crippen LogP contribution in [0, 0.1) is 0 Å². The molecule has 1 saturated heterocycles. The molecule has 0 amide bonds. The lowest BCUT2D eigenvalue weighted by Crippen LogP contribution is -2.30. The summed E-state index contributed by atoms with van der Waals surface area (Å²) in [7, 11) is -1.75. The molecule has 3 rings (SSSR count). The molecule has 8 nitrogen and oxygen atoms in total. The van der Waals surface area contributed by atoms with Crippen molar-refractivity contribution in [1.29, 1.82) is 0 Å². The number of hydrogen-bond acceptors (Lipinski definition) is 7. The summed E-state index contributed by atoms with van der Waals surface area (Å²) < 4.78 is 38.2. The van der Waals surface area contributed by atoms with Crippen molar-refractivity contribution in [1.82, 2.24) is 0 Å². The highest BCUT2D eigenvalue weighted by molar-refractivity contribution is 7.92. The summed E-state index contributed by atoms with van der Waals surface area (Å²) in [6.07, 6.45) is 3.25. The van der Waals surface area contributed by atoms with Crippen molar-refractivity contribution in [2.45, 2.75) is 24.2 Å². The van der Waals surface area contributed by atoms with Crippen LogP contribution in [0.3, 0.4) is 0 Å². The van der Waals surface area contributed by atoms with Gasteiger partial charge in [-0.2, -0.15) is 0 Å². The zero-order valence-electron chi connectivity index (χ0n) is 16.9. The number of methoxy groups -OCH3 is 2. The number of hydrogen-bond donors (Lipinski definition) is 1. The molecular formula is C21H24N2O6S. The number of nitrogens with zero attached hydrogens (tertiary/aromatic N) is 1. The average molecular weight is 432 g/mol. The van der Waals surface area contributed by atoms with Crippen molar-refractivity contribution >= 4 is 33.3 Å². The van der Waals surface area contributed by atoms with Crippen molar-refractivity contribution in [3.05, 3.63) is 53.6 Å². The lowest BCUT2D eigenvalue weighted by molar-refractivity contribution is 0.0598. The predicted molar refractivity (Wildman–Crippen MR) is 112 cm³/mol. The minimum Gasteiger partial charge on any atom is -0.465 e. The lowest BCUT2D eigenvalue weighted by Gasteiger charge is -2.30. The zero-order chi connectivity index (χ0) is 21.7. The van der Waals surface area contributed by atoms with E-state index in [1.165, 1.54) is 32.4 Å². The van der Waals surface area contributed by atoms with E-state index < -0.39 is 22.0 Å². The molecule has 1 aliphatic heterocycles. The van der Waals surface area contributed by atoms with E-state index in [0.29, 0.717) is 5.69 Å². The van der Waals surface area contributed by atoms with Gasteiger partial charge in [-0.3, -0.25) is 4.72 Å². The van der Waals surface area contributed by atoms with Gasteiger partial charge in [-0.15, -0.1) is 0 Å². The summed E-state index contributed by atoms with van der Waals surface area (Å²) in [6.45, 7) is 1.70. The van der Waals surface area contributed by atoms with Crippen LogP contribution in [-0.2, 0) is 19.5 Å². The molecule has 0 unspecified atom stereocenters. The first-order valence-electron chi connectivity index (χ1n) is 9.54. The Balaban J connectivity index is 2.00. The van der Waals surface area contributed by atoms with Crippen molar-refractivity contribution in [3.8, 4) is 0 Å². The fraction of sp³-hybridized carbons (Fsp3) is 0.333. The SMILES string of the molecule is COC(=O)c1cc(C(=O)OC)cc(S(=O)(=O)Nc2ccccc2N2CCCCC2)c1. The third kappa shape index (κ3) is 4.73. The molecule has 0 spiro atoms. The summed E-state index contributed by atoms with van der Waals surface area (Å²) in [5.74, 6) is -1.52. The number of anilines is 2. The minimum absolute atomic E-state index is 0.0647. The predicted octanol–water partition coefficient (Wildman–Crippen LogP) is 3.05. The minimum atomic E-state index is -4.10. The molecule has 1 aliphatic rings. The van der Waals surface area contributed by atoms with Gasteiger partial charge in [-0.25, -0.2) is 18.0 Å². The van der Waals surface area contributed by atoms with Crippen molar-refractivity contribution in [2.75, 3.05) is 36.9 Å². The van der Waals surface area contributed by atoms with Crippen LogP contribution in [0.2, 0.25) is 0 Å². The maximum atomic E-state index is 13.1. The van der Waals surface area contributed by atoms with Gasteiger partial charge in [0, 0.05) is 13.1 Å². The van der Waals surface area contributed by atoms with Crippen LogP contribution in [0.1, 0.15) is 40.0 Å². The highest BCUT2D eigenvalue weighted by Gasteiger charge is 2.23. The van der Waals surface area contributed by atoms with Crippen molar-refractivity contribution in [3.63, 3.8) is 0 Å². The standard InChI is InChI=1S/C21H24N2O6S/c1-28-20(24)15-12-16(21(25)29-2)14-17(13-15)30(26,27)22-18-8-4-5-9-19(18)23-10-6-3-7-11-23/h4-5,8-9,12-14,22H,3,6-7,10-11H2,1-2H3. The van der Waals surface area contributed by atoms with Crippen LogP contribution in [-0.4, -0.2) is 47.7 Å². The largest absolute Gasteiger partial charge is 0.465 e. The van der Waals surface area contributed by atoms with Crippen LogP contribution < -0.4 is 9.62 Å². The Bertz CT molecular complexity index is 1010. The van der Waals surface area contributed by atoms with E-state index in [1.54, 1.807) is 12.1 Å². The molecule has 9 heteroatoms. The van der Waals surface area contributed by atoms with E-state index in [4.69, 9.17) is 0 Å². The number of ether oxygens (including phenoxy) is 2. The molecule has 1 heterocycles. The molecule has 2 aromatic rings. The van der Waals surface area contributed by atoms with Gasteiger partial charge in [0.1, 0.15) is 0 Å². The first-order chi connectivity index (χ1) is 14.4. The summed E-state index contributed by atoms with van der Waals surface area (Å²) in [5, 5.41) is 0. The Labute approximate surface area is 175 Å². The Morgan fingerprint density at radius 3 is 2.03 bits per heavy atom. The van der Waals surface area contributed by atoms with Gasteiger partial charge >= 0.3 is 11.9 Å². The molecule has 0 aromatic heterocycles. The topological polar surface area (TPSA) is 102 Å². The monoisotopic (exact) mass is 432 g/mol. The van der Waals surface area contributed by atoms with E-state index >= 15 is 0 Å². The van der Waals surface area contributed by atoms with Crippen LogP contribution in [0.25, 0.3) is 0 Å². The molecule has 0 bridgehead atoms. The molecule has 1 N–H and O–H groups in total. The van der Waals surface area contributed by atoms with Crippen LogP contribution in [0.15, 0.2) is 47.4 Å². The first-order valence-corrected chi connectivity index (χ1v) is 11.0. The van der Waals surface area contributed by atoms with E-state index in [9.17, 15) is 18.0 Å². The van der Waals surface area contributed by atoms with Gasteiger partial charge in [0.15, 0.2) is 0 Å². The maximum Gasteiger partial charge on any atom is 0.337 e. The number of esters is 2. The van der Waals surface area contributed by atoms with Gasteiger partial charge in [0.05, 0.1) is 41.6 Å². The molecule has 2 aromatic carbocycles. The molecule has 0 aliphatic carbocycles. The van der Waals surface area contributed by atoms with Gasteiger partial charge in [-0.05, 0) is 49.6 Å². The van der Waals surface area contributed by atoms with E-state index in [-0.39, 0.29) is 16.0 Å². The van der Waals surface area contributed by atoms with Gasteiger partial charge in [-0.1, -0.05) is 12.1 Å². The zero-order valence-corrected chi connectivity index (χ0v) is 17.7. The number of benzene rings is 2. The third-order valence-corrected chi connectivity index (χ3v) is 6.25. The molecule has 0 saturated carbocycles. The fourth-order valence-electron chi connectivity index (χ4n) is 3.40. The number of carbonyl (C=O) groups excluding carboxylic acids is 2. The average Bonchev–Trinajstić information content (AvgIpc) is 2.78. The first kappa shape index (κ1) is 21.6. The molecule has 30 heavy (non-hydrogen) atoms. The molecule has 1 fully saturated rings. The van der Waals surface area contributed by atoms with Gasteiger partial charge in [0.25, 0.3) is 10.0 Å². The Morgan fingerprint density at radius 1 is 0.900 bits per heavy atom. The molecular weight excluding hydrogens is 408 g/mol. The second kappa shape index (κ2) is 9.17. The number of rotatable bonds is 6. The number of para-hydroxylation sites is 2. The Kier molecular flexibility index (Phi) is 6.61. The van der Waals surface area contributed by atoms with E-state index in [2.05, 4.69) is 19.1 Å². The number of piperidine rings is 1. The van der Waals surface area contributed by atoms with E-state index in [0.717, 1.165) is 38.0 Å². The summed E-state index contributed by atoms with van der Waals surface area (Å²) >= 11 is 0. The fourth-order valence-corrected chi connectivity index (χ4v) is 4.54. The molecule has 0 radical (unpaired) electrons. The van der Waals surface area contributed by atoms with Crippen molar-refractivity contribution in [2.24, 2.45) is 0 Å². The smallest absolute Gasteiger partial charge is 0.337 e. The normalized spacial score (nSPS) is 14.1. The van der Waals surface area contributed by atoms with Gasteiger partial charge in [0.2, 0.25) is 0 Å². The Hall–Kier alpha value is -3.07. The third-order valence-electron chi connectivity index (χ3n) is 4.90. The van der Waals surface area contributed by atoms with Gasteiger partial charge < -0.3 is 14.4 Å². The maximum absolute atomic E-state index is 13.1. The quantitative estimate of drug-likeness (QED) is 0.700. The molecule has 160 valence electrons. The second-order valence-corrected chi connectivity index (χ2v) is 8.58. The number of sulfonamides is 1.